The van der Waals surface area contributed by atoms with Crippen LogP contribution in [-0.4, -0.2) is 39.7 Å². The number of aromatic nitrogens is 2. The molecule has 0 aliphatic heterocycles. The van der Waals surface area contributed by atoms with Gasteiger partial charge < -0.3 is 9.64 Å². The van der Waals surface area contributed by atoms with Gasteiger partial charge in [-0.25, -0.2) is 4.79 Å². The number of halogens is 2. The molecule has 0 radical (unpaired) electrons. The summed E-state index contributed by atoms with van der Waals surface area (Å²) in [6.07, 6.45) is 2.77. The number of carbonyl (C=O) groups excluding carboxylic acids is 2. The van der Waals surface area contributed by atoms with Gasteiger partial charge in [0, 0.05) is 30.1 Å². The molecule has 0 spiro atoms. The number of likely N-dealkylation sites (N-methyl/N-ethyl adjacent to an activating group) is 1. The summed E-state index contributed by atoms with van der Waals surface area (Å²) < 4.78 is 7.21. The minimum absolute atomic E-state index is 0.269. The van der Waals surface area contributed by atoms with Gasteiger partial charge in [0.05, 0.1) is 16.6 Å². The second-order valence-electron chi connectivity index (χ2n) is 5.47. The van der Waals surface area contributed by atoms with Gasteiger partial charge in [-0.3, -0.25) is 9.48 Å². The van der Waals surface area contributed by atoms with Crippen LogP contribution in [-0.2, 0) is 27.9 Å². The minimum atomic E-state index is -0.618. The van der Waals surface area contributed by atoms with Gasteiger partial charge in [0.25, 0.3) is 5.91 Å². The van der Waals surface area contributed by atoms with Crippen LogP contribution < -0.4 is 0 Å². The summed E-state index contributed by atoms with van der Waals surface area (Å²) in [5.41, 5.74) is 1.34. The summed E-state index contributed by atoms with van der Waals surface area (Å²) in [5, 5.41) is 4.58. The molecule has 2 aromatic heterocycles. The Kier molecular flexibility index (Phi) is 7.25. The third kappa shape index (κ3) is 5.33. The number of esters is 1. The lowest BCUT2D eigenvalue weighted by atomic mass is 10.2. The van der Waals surface area contributed by atoms with Crippen LogP contribution in [0.3, 0.4) is 0 Å². The summed E-state index contributed by atoms with van der Waals surface area (Å²) in [5.74, 6) is -0.887. The Morgan fingerprint density at radius 2 is 2.12 bits per heavy atom. The molecule has 0 aromatic carbocycles. The molecule has 2 rings (SSSR count). The summed E-state index contributed by atoms with van der Waals surface area (Å²) in [6, 6.07) is 3.66. The van der Waals surface area contributed by atoms with Crippen LogP contribution in [0.1, 0.15) is 23.1 Å². The van der Waals surface area contributed by atoms with E-state index in [-0.39, 0.29) is 12.5 Å². The maximum atomic E-state index is 12.2. The molecule has 9 heteroatoms. The van der Waals surface area contributed by atoms with E-state index in [1.807, 2.05) is 13.0 Å². The van der Waals surface area contributed by atoms with E-state index in [2.05, 4.69) is 5.10 Å². The van der Waals surface area contributed by atoms with Crippen molar-refractivity contribution in [3.05, 3.63) is 43.8 Å². The molecule has 0 atom stereocenters. The van der Waals surface area contributed by atoms with Gasteiger partial charge in [0.1, 0.15) is 5.15 Å². The molecular formula is C17H19Cl2N3O3S. The first kappa shape index (κ1) is 20.5. The molecular weight excluding hydrogens is 397 g/mol. The Labute approximate surface area is 165 Å². The van der Waals surface area contributed by atoms with Crippen LogP contribution in [0.5, 0.6) is 0 Å². The zero-order valence-electron chi connectivity index (χ0n) is 14.7. The summed E-state index contributed by atoms with van der Waals surface area (Å²) >= 11 is 13.4. The van der Waals surface area contributed by atoms with Gasteiger partial charge in [-0.2, -0.15) is 5.10 Å². The molecule has 6 nitrogen and oxygen atoms in total. The number of carbonyl (C=O) groups is 2. The van der Waals surface area contributed by atoms with Crippen LogP contribution >= 0.6 is 34.5 Å². The third-order valence-electron chi connectivity index (χ3n) is 3.63. The fourth-order valence-electron chi connectivity index (χ4n) is 2.26. The van der Waals surface area contributed by atoms with E-state index in [9.17, 15) is 9.59 Å². The smallest absolute Gasteiger partial charge is 0.331 e. The predicted molar refractivity (Wildman–Crippen MR) is 103 cm³/mol. The SMILES string of the molecule is CCN(Cc1ccc(Cl)s1)C(=O)COC(=O)/C=C/c1c(C)nn(C)c1Cl. The maximum Gasteiger partial charge on any atom is 0.331 e. The molecule has 0 N–H and O–H groups in total. The number of hydrogen-bond acceptors (Lipinski definition) is 5. The molecule has 1 amide bonds. The van der Waals surface area contributed by atoms with Gasteiger partial charge in [-0.15, -0.1) is 11.3 Å². The van der Waals surface area contributed by atoms with Crippen molar-refractivity contribution in [2.45, 2.75) is 20.4 Å². The summed E-state index contributed by atoms with van der Waals surface area (Å²) in [6.45, 7) is 4.27. The topological polar surface area (TPSA) is 64.4 Å². The van der Waals surface area contributed by atoms with Gasteiger partial charge in [-0.1, -0.05) is 23.2 Å². The monoisotopic (exact) mass is 415 g/mol. The Morgan fingerprint density at radius 3 is 2.65 bits per heavy atom. The van der Waals surface area contributed by atoms with Crippen LogP contribution in [0.15, 0.2) is 18.2 Å². The molecule has 0 saturated heterocycles. The van der Waals surface area contributed by atoms with Gasteiger partial charge >= 0.3 is 5.97 Å². The Hall–Kier alpha value is -1.83. The van der Waals surface area contributed by atoms with Crippen molar-refractivity contribution in [3.8, 4) is 0 Å². The van der Waals surface area contributed by atoms with Crippen molar-refractivity contribution in [2.24, 2.45) is 7.05 Å². The molecule has 26 heavy (non-hydrogen) atoms. The number of aryl methyl sites for hydroxylation is 2. The fraction of sp³-hybridized carbons (Fsp3) is 0.353. The second-order valence-corrected chi connectivity index (χ2v) is 7.63. The van der Waals surface area contributed by atoms with E-state index >= 15 is 0 Å². The van der Waals surface area contributed by atoms with Gasteiger partial charge in [0.15, 0.2) is 6.61 Å². The van der Waals surface area contributed by atoms with Crippen molar-refractivity contribution in [3.63, 3.8) is 0 Å². The summed E-state index contributed by atoms with van der Waals surface area (Å²) in [4.78, 5) is 26.7. The number of nitrogens with zero attached hydrogens (tertiary/aromatic N) is 3. The molecule has 140 valence electrons. The number of rotatable bonds is 7. The van der Waals surface area contributed by atoms with Crippen molar-refractivity contribution in [2.75, 3.05) is 13.2 Å². The number of thiophene rings is 1. The van der Waals surface area contributed by atoms with E-state index in [4.69, 9.17) is 27.9 Å². The van der Waals surface area contributed by atoms with Gasteiger partial charge in [0.2, 0.25) is 0 Å². The molecule has 0 saturated carbocycles. The first-order valence-electron chi connectivity index (χ1n) is 7.87. The normalized spacial score (nSPS) is 11.1. The Morgan fingerprint density at radius 1 is 1.38 bits per heavy atom. The van der Waals surface area contributed by atoms with Crippen LogP contribution in [0.2, 0.25) is 9.49 Å². The zero-order chi connectivity index (χ0) is 19.3. The van der Waals surface area contributed by atoms with Crippen LogP contribution in [0.4, 0.5) is 0 Å². The number of hydrogen-bond donors (Lipinski definition) is 0. The molecule has 0 aliphatic rings. The average molecular weight is 416 g/mol. The highest BCUT2D eigenvalue weighted by Gasteiger charge is 2.15. The van der Waals surface area contributed by atoms with Crippen LogP contribution in [0.25, 0.3) is 6.08 Å². The first-order chi connectivity index (χ1) is 12.3. The molecule has 0 unspecified atom stereocenters. The van der Waals surface area contributed by atoms with E-state index < -0.39 is 5.97 Å². The summed E-state index contributed by atoms with van der Waals surface area (Å²) in [7, 11) is 1.71. The van der Waals surface area contributed by atoms with E-state index in [1.165, 1.54) is 28.2 Å². The third-order valence-corrected chi connectivity index (χ3v) is 5.29. The lowest BCUT2D eigenvalue weighted by Gasteiger charge is -2.19. The highest BCUT2D eigenvalue weighted by atomic mass is 35.5. The van der Waals surface area contributed by atoms with Crippen molar-refractivity contribution < 1.29 is 14.3 Å². The molecule has 2 aromatic rings. The van der Waals surface area contributed by atoms with E-state index in [0.29, 0.717) is 33.8 Å². The first-order valence-corrected chi connectivity index (χ1v) is 9.45. The highest BCUT2D eigenvalue weighted by molar-refractivity contribution is 7.16. The fourth-order valence-corrected chi connectivity index (χ4v) is 3.60. The lowest BCUT2D eigenvalue weighted by molar-refractivity contribution is -0.148. The Balaban J connectivity index is 1.88. The minimum Gasteiger partial charge on any atom is -0.452 e. The second kappa shape index (κ2) is 9.21. The lowest BCUT2D eigenvalue weighted by Crippen LogP contribution is -2.33. The highest BCUT2D eigenvalue weighted by Crippen LogP contribution is 2.23. The van der Waals surface area contributed by atoms with Crippen molar-refractivity contribution in [1.82, 2.24) is 14.7 Å². The number of amides is 1. The van der Waals surface area contributed by atoms with Crippen molar-refractivity contribution in [1.29, 1.82) is 0 Å². The van der Waals surface area contributed by atoms with E-state index in [0.717, 1.165) is 4.88 Å². The van der Waals surface area contributed by atoms with E-state index in [1.54, 1.807) is 24.9 Å². The predicted octanol–water partition coefficient (Wildman–Crippen LogP) is 3.70. The Bertz CT molecular complexity index is 829. The number of ether oxygens (including phenoxy) is 1. The standard InChI is InChI=1S/C17H19Cl2N3O3S/c1-4-22(9-12-5-7-14(18)26-12)15(23)10-25-16(24)8-6-13-11(2)20-21(3)17(13)19/h5-8H,4,9-10H2,1-3H3/b8-6+. The molecule has 2 heterocycles. The average Bonchev–Trinajstić information content (AvgIpc) is 3.11. The molecule has 0 fully saturated rings. The zero-order valence-corrected chi connectivity index (χ0v) is 17.0. The molecule has 0 aliphatic carbocycles. The maximum absolute atomic E-state index is 12.2. The van der Waals surface area contributed by atoms with Gasteiger partial charge in [-0.05, 0) is 32.1 Å². The molecule has 0 bridgehead atoms. The van der Waals surface area contributed by atoms with Crippen LogP contribution in [0, 0.1) is 6.92 Å². The van der Waals surface area contributed by atoms with Crippen molar-refractivity contribution >= 4 is 52.5 Å². The largest absolute Gasteiger partial charge is 0.452 e. The quantitative estimate of drug-likeness (QED) is 0.510.